The largest absolute Gasteiger partial charge is 0.454 e. The van der Waals surface area contributed by atoms with Crippen LogP contribution in [0.1, 0.15) is 38.1 Å². The van der Waals surface area contributed by atoms with Crippen molar-refractivity contribution in [1.29, 1.82) is 0 Å². The summed E-state index contributed by atoms with van der Waals surface area (Å²) in [7, 11) is 0. The Morgan fingerprint density at radius 2 is 1.65 bits per heavy atom. The van der Waals surface area contributed by atoms with E-state index in [2.05, 4.69) is 10.6 Å². The average molecular weight is 370 g/mol. The Kier molecular flexibility index (Phi) is 8.15. The summed E-state index contributed by atoms with van der Waals surface area (Å²) in [5.74, 6) is -4.64. The van der Waals surface area contributed by atoms with Gasteiger partial charge in [-0.25, -0.2) is 13.6 Å². The molecule has 2 amide bonds. The van der Waals surface area contributed by atoms with E-state index in [4.69, 9.17) is 4.74 Å². The third-order valence-corrected chi connectivity index (χ3v) is 3.45. The van der Waals surface area contributed by atoms with Crippen LogP contribution >= 0.6 is 0 Å². The van der Waals surface area contributed by atoms with Crippen LogP contribution in [-0.2, 0) is 14.3 Å². The molecule has 0 saturated heterocycles. The van der Waals surface area contributed by atoms with Crippen LogP contribution in [0.3, 0.4) is 0 Å². The summed E-state index contributed by atoms with van der Waals surface area (Å²) in [5, 5.41) is 4.85. The number of ether oxygens (including phenoxy) is 1. The van der Waals surface area contributed by atoms with Crippen molar-refractivity contribution in [1.82, 2.24) is 10.6 Å². The number of hydrogen-bond acceptors (Lipinski definition) is 4. The lowest BCUT2D eigenvalue weighted by Gasteiger charge is -2.21. The number of nitrogens with one attached hydrogen (secondary N) is 2. The van der Waals surface area contributed by atoms with Crippen LogP contribution in [0, 0.1) is 23.5 Å². The number of amides is 2. The van der Waals surface area contributed by atoms with Crippen LogP contribution in [0.15, 0.2) is 18.2 Å². The van der Waals surface area contributed by atoms with Gasteiger partial charge in [-0.2, -0.15) is 0 Å². The summed E-state index contributed by atoms with van der Waals surface area (Å²) < 4.78 is 32.3. The summed E-state index contributed by atoms with van der Waals surface area (Å²) in [4.78, 5) is 35.9. The molecule has 1 atom stereocenters. The fraction of sp³-hybridized carbons (Fsp3) is 0.500. The summed E-state index contributed by atoms with van der Waals surface area (Å²) in [6, 6.07) is 1.87. The molecular weight excluding hydrogens is 346 g/mol. The number of carbonyl (C=O) groups excluding carboxylic acids is 3. The van der Waals surface area contributed by atoms with Crippen LogP contribution in [-0.4, -0.2) is 37.0 Å². The first-order chi connectivity index (χ1) is 12.1. The van der Waals surface area contributed by atoms with Gasteiger partial charge in [-0.15, -0.1) is 0 Å². The third-order valence-electron chi connectivity index (χ3n) is 3.45. The van der Waals surface area contributed by atoms with Crippen molar-refractivity contribution in [3.63, 3.8) is 0 Å². The number of carbonyl (C=O) groups is 3. The van der Waals surface area contributed by atoms with E-state index in [1.54, 1.807) is 13.8 Å². The zero-order valence-corrected chi connectivity index (χ0v) is 15.3. The molecule has 0 fully saturated rings. The second-order valence-corrected chi connectivity index (χ2v) is 6.60. The molecule has 0 unspecified atom stereocenters. The molecule has 26 heavy (non-hydrogen) atoms. The fourth-order valence-electron chi connectivity index (χ4n) is 2.02. The highest BCUT2D eigenvalue weighted by Gasteiger charge is 2.28. The molecule has 0 heterocycles. The Bertz CT molecular complexity index is 642. The molecule has 0 radical (unpaired) electrons. The molecule has 0 saturated carbocycles. The first-order valence-corrected chi connectivity index (χ1v) is 8.31. The second kappa shape index (κ2) is 9.84. The summed E-state index contributed by atoms with van der Waals surface area (Å²) >= 11 is 0. The second-order valence-electron chi connectivity index (χ2n) is 6.60. The Hall–Kier alpha value is -2.51. The van der Waals surface area contributed by atoms with Crippen molar-refractivity contribution in [3.8, 4) is 0 Å². The number of halogens is 2. The molecule has 1 rings (SSSR count). The Morgan fingerprint density at radius 3 is 2.15 bits per heavy atom. The van der Waals surface area contributed by atoms with E-state index >= 15 is 0 Å². The van der Waals surface area contributed by atoms with Gasteiger partial charge >= 0.3 is 5.97 Å². The summed E-state index contributed by atoms with van der Waals surface area (Å²) in [6.45, 7) is 7.02. The van der Waals surface area contributed by atoms with Crippen molar-refractivity contribution < 1.29 is 27.9 Å². The summed E-state index contributed by atoms with van der Waals surface area (Å²) in [6.07, 6.45) is 0. The minimum Gasteiger partial charge on any atom is -0.454 e. The number of benzene rings is 1. The van der Waals surface area contributed by atoms with E-state index in [-0.39, 0.29) is 5.92 Å². The highest BCUT2D eigenvalue weighted by molar-refractivity contribution is 5.97. The third kappa shape index (κ3) is 6.42. The molecule has 0 aromatic heterocycles. The van der Waals surface area contributed by atoms with E-state index in [9.17, 15) is 23.2 Å². The molecule has 0 aliphatic carbocycles. The van der Waals surface area contributed by atoms with Gasteiger partial charge < -0.3 is 15.4 Å². The van der Waals surface area contributed by atoms with Crippen LogP contribution < -0.4 is 10.6 Å². The smallest absolute Gasteiger partial charge is 0.329 e. The van der Waals surface area contributed by atoms with Crippen molar-refractivity contribution in [2.24, 2.45) is 11.8 Å². The standard InChI is InChI=1S/C18H24F2N2O4/c1-10(2)8-21-14(23)9-26-18(25)16(11(3)4)22-17(24)15-12(19)6-5-7-13(15)20/h5-7,10-11,16H,8-9H2,1-4H3,(H,21,23)(H,22,24)/t16-/m0/s1. The van der Waals surface area contributed by atoms with Gasteiger partial charge in [0, 0.05) is 6.54 Å². The normalized spacial score (nSPS) is 12.0. The monoisotopic (exact) mass is 370 g/mol. The number of hydrogen-bond donors (Lipinski definition) is 2. The van der Waals surface area contributed by atoms with Crippen LogP contribution in [0.2, 0.25) is 0 Å². The molecule has 1 aromatic carbocycles. The molecule has 0 aliphatic heterocycles. The molecular formula is C18H24F2N2O4. The summed E-state index contributed by atoms with van der Waals surface area (Å²) in [5.41, 5.74) is -0.777. The van der Waals surface area contributed by atoms with Gasteiger partial charge in [-0.05, 0) is 24.0 Å². The molecule has 144 valence electrons. The SMILES string of the molecule is CC(C)CNC(=O)COC(=O)[C@@H](NC(=O)c1c(F)cccc1F)C(C)C. The molecule has 0 spiro atoms. The van der Waals surface area contributed by atoms with E-state index in [1.165, 1.54) is 0 Å². The molecule has 0 aliphatic rings. The van der Waals surface area contributed by atoms with Crippen molar-refractivity contribution >= 4 is 17.8 Å². The zero-order valence-electron chi connectivity index (χ0n) is 15.3. The maximum atomic E-state index is 13.7. The highest BCUT2D eigenvalue weighted by atomic mass is 19.1. The van der Waals surface area contributed by atoms with Gasteiger partial charge in [-0.3, -0.25) is 9.59 Å². The Balaban J connectivity index is 2.72. The fourth-order valence-corrected chi connectivity index (χ4v) is 2.02. The van der Waals surface area contributed by atoms with Crippen LogP contribution in [0.25, 0.3) is 0 Å². The minimum absolute atomic E-state index is 0.244. The first-order valence-electron chi connectivity index (χ1n) is 8.31. The van der Waals surface area contributed by atoms with Gasteiger partial charge in [0.25, 0.3) is 11.8 Å². The average Bonchev–Trinajstić information content (AvgIpc) is 2.55. The van der Waals surface area contributed by atoms with E-state index in [0.29, 0.717) is 6.54 Å². The van der Waals surface area contributed by atoms with Gasteiger partial charge in [0.15, 0.2) is 6.61 Å². The van der Waals surface area contributed by atoms with E-state index in [1.807, 2.05) is 13.8 Å². The predicted octanol–water partition coefficient (Wildman–Crippen LogP) is 2.03. The zero-order chi connectivity index (χ0) is 19.9. The van der Waals surface area contributed by atoms with E-state index in [0.717, 1.165) is 18.2 Å². The lowest BCUT2D eigenvalue weighted by atomic mass is 10.0. The molecule has 8 heteroatoms. The quantitative estimate of drug-likeness (QED) is 0.686. The van der Waals surface area contributed by atoms with Crippen molar-refractivity contribution in [3.05, 3.63) is 35.4 Å². The highest BCUT2D eigenvalue weighted by Crippen LogP contribution is 2.13. The molecule has 2 N–H and O–H groups in total. The maximum absolute atomic E-state index is 13.7. The van der Waals surface area contributed by atoms with Gasteiger partial charge in [0.2, 0.25) is 0 Å². The lowest BCUT2D eigenvalue weighted by Crippen LogP contribution is -2.46. The maximum Gasteiger partial charge on any atom is 0.329 e. The Morgan fingerprint density at radius 1 is 1.08 bits per heavy atom. The van der Waals surface area contributed by atoms with Gasteiger partial charge in [-0.1, -0.05) is 33.8 Å². The number of esters is 1. The predicted molar refractivity (Wildman–Crippen MR) is 91.3 cm³/mol. The van der Waals surface area contributed by atoms with Crippen LogP contribution in [0.5, 0.6) is 0 Å². The topological polar surface area (TPSA) is 84.5 Å². The number of rotatable bonds is 8. The minimum atomic E-state index is -1.15. The van der Waals surface area contributed by atoms with Crippen molar-refractivity contribution in [2.75, 3.05) is 13.2 Å². The first kappa shape index (κ1) is 21.5. The Labute approximate surface area is 151 Å². The van der Waals surface area contributed by atoms with Gasteiger partial charge in [0.1, 0.15) is 23.2 Å². The van der Waals surface area contributed by atoms with E-state index < -0.39 is 53.5 Å². The van der Waals surface area contributed by atoms with Gasteiger partial charge in [0.05, 0.1) is 0 Å². The molecule has 1 aromatic rings. The molecule has 0 bridgehead atoms. The van der Waals surface area contributed by atoms with Crippen molar-refractivity contribution in [2.45, 2.75) is 33.7 Å². The molecule has 6 nitrogen and oxygen atoms in total. The lowest BCUT2D eigenvalue weighted by molar-refractivity contribution is -0.151. The van der Waals surface area contributed by atoms with Crippen LogP contribution in [0.4, 0.5) is 8.78 Å².